The van der Waals surface area contributed by atoms with Gasteiger partial charge in [-0.25, -0.2) is 0 Å². The van der Waals surface area contributed by atoms with Crippen molar-refractivity contribution in [1.29, 1.82) is 0 Å². The molecule has 1 rings (SSSR count). The van der Waals surface area contributed by atoms with Gasteiger partial charge in [-0.2, -0.15) is 0 Å². The Morgan fingerprint density at radius 2 is 0.735 bits per heavy atom. The van der Waals surface area contributed by atoms with E-state index >= 15 is 0 Å². The summed E-state index contributed by atoms with van der Waals surface area (Å²) in [5.41, 5.74) is 2.69. The molecule has 0 N–H and O–H groups in total. The first-order valence-corrected chi connectivity index (χ1v) is 30.6. The van der Waals surface area contributed by atoms with Crippen molar-refractivity contribution in [2.75, 3.05) is 0 Å². The van der Waals surface area contributed by atoms with E-state index in [1.165, 1.54) is 16.0 Å². The monoisotopic (exact) mass is 754 g/mol. The summed E-state index contributed by atoms with van der Waals surface area (Å²) in [4.78, 5) is 0. The minimum Gasteiger partial charge on any atom is 0 e. The maximum Gasteiger partial charge on any atom is 0 e. The topological polar surface area (TPSA) is 8.81 Å². The van der Waals surface area contributed by atoms with Crippen LogP contribution in [0.2, 0.25) is 105 Å². The molecule has 0 amide bonds. The Labute approximate surface area is 259 Å². The van der Waals surface area contributed by atoms with E-state index in [2.05, 4.69) is 158 Å². The van der Waals surface area contributed by atoms with Crippen LogP contribution in [0.25, 0.3) is 0 Å². The molecule has 0 atom stereocenters. The Morgan fingerprint density at radius 1 is 0.559 bits per heavy atom. The molecule has 0 spiro atoms. The molecule has 0 aromatic carbocycles. The van der Waals surface area contributed by atoms with Crippen LogP contribution in [0, 0.1) is 13.8 Å². The SMILES string of the molecule is C[Si](C)C.C[Si](C)C.C[Si](C)C.C[Si](C)C.C[Si](C)[Si](C)C.Cc1c(C)[n+](C)[c]([Ge])n1C.[Ge].[Ge]. The van der Waals surface area contributed by atoms with Crippen LogP contribution >= 0.6 is 0 Å². The van der Waals surface area contributed by atoms with Gasteiger partial charge in [0, 0.05) is 87.0 Å². The van der Waals surface area contributed by atoms with Gasteiger partial charge in [0.05, 0.1) is 0 Å². The van der Waals surface area contributed by atoms with Crippen molar-refractivity contribution in [3.8, 4) is 0 Å². The first-order valence-electron chi connectivity index (χ1n) is 11.5. The molecule has 0 saturated heterocycles. The van der Waals surface area contributed by atoms with E-state index in [1.807, 2.05) is 0 Å². The minimum atomic E-state index is 0. The van der Waals surface area contributed by atoms with E-state index in [0.717, 1.165) is 0 Å². The van der Waals surface area contributed by atoms with Crippen molar-refractivity contribution in [3.63, 3.8) is 0 Å². The van der Waals surface area contributed by atoms with E-state index in [1.54, 1.807) is 0 Å². The van der Waals surface area contributed by atoms with Crippen LogP contribution in [-0.2, 0) is 14.1 Å². The van der Waals surface area contributed by atoms with Gasteiger partial charge >= 0.3 is 69.6 Å². The van der Waals surface area contributed by atoms with Crippen molar-refractivity contribution >= 4 is 108 Å². The fourth-order valence-corrected chi connectivity index (χ4v) is 1.73. The predicted molar refractivity (Wildman–Crippen MR) is 181 cm³/mol. The molecule has 0 fully saturated rings. The third kappa shape index (κ3) is 54.9. The second kappa shape index (κ2) is 33.2. The summed E-state index contributed by atoms with van der Waals surface area (Å²) in [6.07, 6.45) is 0. The molecule has 0 unspecified atom stereocenters. The number of nitrogens with zero attached hydrogens (tertiary/aromatic N) is 2. The van der Waals surface area contributed by atoms with Gasteiger partial charge in [-0.05, 0) is 0 Å². The smallest absolute Gasteiger partial charge is 0 e. The zero-order valence-electron chi connectivity index (χ0n) is 26.9. The third-order valence-electron chi connectivity index (χ3n) is 3.17. The van der Waals surface area contributed by atoms with E-state index in [0.29, 0.717) is 0 Å². The molecule has 1 aromatic heterocycles. The Bertz CT molecular complexity index is 404. The van der Waals surface area contributed by atoms with Crippen molar-refractivity contribution in [2.45, 2.75) is 119 Å². The molecule has 197 valence electrons. The molecule has 2 nitrogen and oxygen atoms in total. The number of imidazole rings is 1. The first kappa shape index (κ1) is 52.6. The standard InChI is InChI=1S/C7H12GeN2.C4H12Si2.4C3H9Si.2Ge/c1-5-6(2)10(4)7(8)9(5)3;1-5(2)6(3)4;4*1-4(2)3;;/h1-4H3;1-4H3;4*1-3H3;;/q+1;;;;;;;. The molecule has 0 aliphatic rings. The minimum absolute atomic E-state index is 0. The molecule has 1 heterocycles. The van der Waals surface area contributed by atoms with Gasteiger partial charge in [0.1, 0.15) is 0 Å². The van der Waals surface area contributed by atoms with Crippen LogP contribution in [0.3, 0.4) is 0 Å². The molecular formula is C23H60Ge3N2Si6+. The van der Waals surface area contributed by atoms with Crippen LogP contribution in [-0.4, -0.2) is 108 Å². The fourth-order valence-electron chi connectivity index (χ4n) is 1.03. The second-order valence-electron chi connectivity index (χ2n) is 10.6. The largest absolute Gasteiger partial charge is 0 e. The van der Waals surface area contributed by atoms with Gasteiger partial charge in [0.15, 0.2) is 0 Å². The van der Waals surface area contributed by atoms with E-state index in [-0.39, 0.29) is 87.0 Å². The summed E-state index contributed by atoms with van der Waals surface area (Å²) < 4.78 is 5.71. The van der Waals surface area contributed by atoms with Crippen molar-refractivity contribution in [2.24, 2.45) is 14.1 Å². The van der Waals surface area contributed by atoms with E-state index < -0.39 is 0 Å². The summed E-state index contributed by atoms with van der Waals surface area (Å²) in [5, 5.41) is 0. The molecule has 0 aliphatic heterocycles. The molecular weight excluding hydrogens is 691 g/mol. The van der Waals surface area contributed by atoms with Crippen molar-refractivity contribution in [1.82, 2.24) is 4.57 Å². The van der Waals surface area contributed by atoms with Crippen LogP contribution in [0.1, 0.15) is 11.4 Å². The average molecular weight is 751 g/mol. The number of aromatic nitrogens is 2. The maximum atomic E-state index is 2.39. The normalized spacial score (nSPS) is 9.26. The average Bonchev–Trinajstić information content (AvgIpc) is 2.71. The first-order chi connectivity index (χ1) is 14.1. The summed E-state index contributed by atoms with van der Waals surface area (Å²) in [6, 6.07) is 0. The Balaban J connectivity index is -0.0000000537. The fraction of sp³-hybridized carbons (Fsp3) is 0.870. The quantitative estimate of drug-likeness (QED) is 0.263. The number of hydrogen-bond acceptors (Lipinski definition) is 0. The Hall–Kier alpha value is 2.14. The molecule has 17 radical (unpaired) electrons. The number of hydrogen-bond donors (Lipinski definition) is 0. The van der Waals surface area contributed by atoms with E-state index in [9.17, 15) is 0 Å². The van der Waals surface area contributed by atoms with Crippen LogP contribution in [0.15, 0.2) is 0 Å². The van der Waals surface area contributed by atoms with E-state index in [4.69, 9.17) is 0 Å². The maximum absolute atomic E-state index is 2.39. The van der Waals surface area contributed by atoms with Gasteiger partial charge < -0.3 is 0 Å². The second-order valence-corrected chi connectivity index (χ2v) is 33.6. The van der Waals surface area contributed by atoms with Gasteiger partial charge in [-0.3, -0.25) is 0 Å². The molecule has 0 saturated carbocycles. The van der Waals surface area contributed by atoms with Crippen LogP contribution in [0.4, 0.5) is 0 Å². The Kier molecular flexibility index (Phi) is 51.3. The predicted octanol–water partition coefficient (Wildman–Crippen LogP) is 5.55. The van der Waals surface area contributed by atoms with Crippen LogP contribution in [0.5, 0.6) is 0 Å². The van der Waals surface area contributed by atoms with Gasteiger partial charge in [0.25, 0.3) is 0 Å². The Morgan fingerprint density at radius 3 is 0.765 bits per heavy atom. The molecule has 0 aliphatic carbocycles. The van der Waals surface area contributed by atoms with Crippen molar-refractivity contribution < 1.29 is 4.57 Å². The molecule has 34 heavy (non-hydrogen) atoms. The van der Waals surface area contributed by atoms with Crippen molar-refractivity contribution in [3.05, 3.63) is 11.4 Å². The zero-order valence-corrected chi connectivity index (χ0v) is 39.2. The molecule has 0 bridgehead atoms. The summed E-state index contributed by atoms with van der Waals surface area (Å²) >= 11 is 2.12. The third-order valence-corrected chi connectivity index (χ3v) is 12.6. The summed E-state index contributed by atoms with van der Waals surface area (Å²) in [6.45, 7) is 41.1. The summed E-state index contributed by atoms with van der Waals surface area (Å²) in [5.74, 6) is 0. The summed E-state index contributed by atoms with van der Waals surface area (Å²) in [7, 11) is 4.97. The molecule has 1 aromatic rings. The molecule has 11 heteroatoms. The van der Waals surface area contributed by atoms with Gasteiger partial charge in [-0.1, -0.05) is 105 Å². The number of rotatable bonds is 1. The van der Waals surface area contributed by atoms with Crippen LogP contribution < -0.4 is 9.22 Å². The van der Waals surface area contributed by atoms with Gasteiger partial charge in [0.2, 0.25) is 0 Å². The van der Waals surface area contributed by atoms with Gasteiger partial charge in [-0.15, -0.1) is 0 Å². The zero-order chi connectivity index (χ0) is 27.4.